The lowest BCUT2D eigenvalue weighted by atomic mass is 9.91. The van der Waals surface area contributed by atoms with Crippen LogP contribution in [-0.2, 0) is 0 Å². The van der Waals surface area contributed by atoms with Crippen molar-refractivity contribution in [2.75, 3.05) is 11.9 Å². The lowest BCUT2D eigenvalue weighted by molar-refractivity contribution is 0.466. The molecule has 1 aromatic carbocycles. The van der Waals surface area contributed by atoms with Crippen LogP contribution in [0, 0.1) is 28.4 Å². The van der Waals surface area contributed by atoms with E-state index in [-0.39, 0.29) is 5.69 Å². The van der Waals surface area contributed by atoms with Crippen LogP contribution in [0.5, 0.6) is 0 Å². The summed E-state index contributed by atoms with van der Waals surface area (Å²) in [4.78, 5) is 0. The van der Waals surface area contributed by atoms with Crippen molar-refractivity contribution in [1.82, 2.24) is 0 Å². The highest BCUT2D eigenvalue weighted by Gasteiger charge is 2.16. The maximum Gasteiger partial charge on any atom is 0.146 e. The molecule has 0 aliphatic heterocycles. The van der Waals surface area contributed by atoms with Crippen LogP contribution >= 0.6 is 0 Å². The lowest BCUT2D eigenvalue weighted by Crippen LogP contribution is -2.15. The molecule has 0 radical (unpaired) electrons. The van der Waals surface area contributed by atoms with Crippen LogP contribution in [0.1, 0.15) is 20.3 Å². The van der Waals surface area contributed by atoms with Crippen molar-refractivity contribution < 1.29 is 8.78 Å². The first-order valence-electron chi connectivity index (χ1n) is 5.05. The van der Waals surface area contributed by atoms with Gasteiger partial charge in [-0.3, -0.25) is 0 Å². The average Bonchev–Trinajstić information content (AvgIpc) is 2.23. The molecule has 0 atom stereocenters. The molecule has 0 fully saturated rings. The fourth-order valence-electron chi connectivity index (χ4n) is 1.20. The van der Waals surface area contributed by atoms with E-state index in [9.17, 15) is 8.78 Å². The Morgan fingerprint density at radius 1 is 1.38 bits per heavy atom. The monoisotopic (exact) mass is 224 g/mol. The van der Waals surface area contributed by atoms with Crippen LogP contribution in [0.4, 0.5) is 14.5 Å². The minimum atomic E-state index is -0.490. The predicted octanol–water partition coefficient (Wildman–Crippen LogP) is 3.32. The molecule has 2 nitrogen and oxygen atoms in total. The molecule has 1 aromatic rings. The zero-order valence-electron chi connectivity index (χ0n) is 9.35. The summed E-state index contributed by atoms with van der Waals surface area (Å²) in [6.45, 7) is 4.04. The summed E-state index contributed by atoms with van der Waals surface area (Å²) in [5, 5.41) is 11.6. The van der Waals surface area contributed by atoms with Crippen molar-refractivity contribution in [2.45, 2.75) is 20.3 Å². The highest BCUT2D eigenvalue weighted by atomic mass is 19.1. The van der Waals surface area contributed by atoms with Crippen LogP contribution in [0.15, 0.2) is 18.2 Å². The number of benzene rings is 1. The normalized spacial score (nSPS) is 10.9. The van der Waals surface area contributed by atoms with Crippen molar-refractivity contribution >= 4 is 5.69 Å². The Morgan fingerprint density at radius 3 is 2.69 bits per heavy atom. The van der Waals surface area contributed by atoms with Crippen molar-refractivity contribution in [3.8, 4) is 6.07 Å². The maximum absolute atomic E-state index is 13.2. The van der Waals surface area contributed by atoms with Gasteiger partial charge in [0.05, 0.1) is 17.2 Å². The van der Waals surface area contributed by atoms with Gasteiger partial charge in [-0.1, -0.05) is 0 Å². The van der Waals surface area contributed by atoms with Gasteiger partial charge >= 0.3 is 0 Å². The topological polar surface area (TPSA) is 35.8 Å². The summed E-state index contributed by atoms with van der Waals surface area (Å²) >= 11 is 0. The Balaban J connectivity index is 2.56. The van der Waals surface area contributed by atoms with Crippen LogP contribution in [0.3, 0.4) is 0 Å². The van der Waals surface area contributed by atoms with Gasteiger partial charge in [-0.25, -0.2) is 8.78 Å². The van der Waals surface area contributed by atoms with Gasteiger partial charge in [0, 0.05) is 6.54 Å². The average molecular weight is 224 g/mol. The predicted molar refractivity (Wildman–Crippen MR) is 58.9 cm³/mol. The van der Waals surface area contributed by atoms with Gasteiger partial charge in [-0.05, 0) is 38.5 Å². The van der Waals surface area contributed by atoms with Gasteiger partial charge < -0.3 is 5.32 Å². The number of halogens is 2. The van der Waals surface area contributed by atoms with Gasteiger partial charge in [0.1, 0.15) is 11.6 Å². The molecule has 0 unspecified atom stereocenters. The van der Waals surface area contributed by atoms with Crippen LogP contribution in [-0.4, -0.2) is 6.54 Å². The minimum absolute atomic E-state index is 0.133. The molecule has 0 bridgehead atoms. The molecule has 16 heavy (non-hydrogen) atoms. The summed E-state index contributed by atoms with van der Waals surface area (Å²) in [7, 11) is 0. The molecule has 86 valence electrons. The van der Waals surface area contributed by atoms with Gasteiger partial charge in [-0.15, -0.1) is 0 Å². The Kier molecular flexibility index (Phi) is 3.83. The summed E-state index contributed by atoms with van der Waals surface area (Å²) < 4.78 is 26.0. The van der Waals surface area contributed by atoms with Gasteiger partial charge in [-0.2, -0.15) is 5.26 Å². The van der Waals surface area contributed by atoms with E-state index in [2.05, 4.69) is 11.4 Å². The molecule has 0 saturated heterocycles. The molecule has 1 rings (SSSR count). The SMILES string of the molecule is CC(C)(C#N)CCNc1cc(F)ccc1F. The minimum Gasteiger partial charge on any atom is -0.383 e. The second-order valence-corrected chi connectivity index (χ2v) is 4.30. The summed E-state index contributed by atoms with van der Waals surface area (Å²) in [5.41, 5.74) is -0.328. The number of nitrogens with one attached hydrogen (secondary N) is 1. The first kappa shape index (κ1) is 12.4. The molecule has 0 saturated carbocycles. The number of hydrogen-bond donors (Lipinski definition) is 1. The smallest absolute Gasteiger partial charge is 0.146 e. The van der Waals surface area contributed by atoms with Crippen molar-refractivity contribution in [3.05, 3.63) is 29.8 Å². The molecule has 0 aliphatic rings. The Hall–Kier alpha value is -1.63. The van der Waals surface area contributed by atoms with Gasteiger partial charge in [0.2, 0.25) is 0 Å². The first-order chi connectivity index (χ1) is 7.44. The third-order valence-electron chi connectivity index (χ3n) is 2.30. The molecule has 0 aliphatic carbocycles. The van der Waals surface area contributed by atoms with Crippen molar-refractivity contribution in [3.63, 3.8) is 0 Å². The third-order valence-corrected chi connectivity index (χ3v) is 2.30. The first-order valence-corrected chi connectivity index (χ1v) is 5.05. The van der Waals surface area contributed by atoms with E-state index in [1.807, 2.05) is 0 Å². The van der Waals surface area contributed by atoms with E-state index in [1.54, 1.807) is 13.8 Å². The molecular formula is C12H14F2N2. The number of anilines is 1. The summed E-state index contributed by atoms with van der Waals surface area (Å²) in [6, 6.07) is 5.40. The van der Waals surface area contributed by atoms with E-state index in [0.717, 1.165) is 18.2 Å². The molecule has 0 amide bonds. The largest absolute Gasteiger partial charge is 0.383 e. The van der Waals surface area contributed by atoms with E-state index in [4.69, 9.17) is 5.26 Å². The van der Waals surface area contributed by atoms with Crippen LogP contribution in [0.25, 0.3) is 0 Å². The molecule has 0 heterocycles. The molecule has 0 aromatic heterocycles. The van der Waals surface area contributed by atoms with Gasteiger partial charge in [0.25, 0.3) is 0 Å². The van der Waals surface area contributed by atoms with E-state index < -0.39 is 17.0 Å². The second kappa shape index (κ2) is 4.93. The maximum atomic E-state index is 13.2. The zero-order chi connectivity index (χ0) is 12.2. The molecule has 1 N–H and O–H groups in total. The second-order valence-electron chi connectivity index (χ2n) is 4.30. The Labute approximate surface area is 93.9 Å². The van der Waals surface area contributed by atoms with E-state index >= 15 is 0 Å². The third kappa shape index (κ3) is 3.50. The highest BCUT2D eigenvalue weighted by molar-refractivity contribution is 5.44. The molecular weight excluding hydrogens is 210 g/mol. The van der Waals surface area contributed by atoms with E-state index in [1.165, 1.54) is 0 Å². The fraction of sp³-hybridized carbons (Fsp3) is 0.417. The Bertz CT molecular complexity index is 408. The molecule has 0 spiro atoms. The lowest BCUT2D eigenvalue weighted by Gasteiger charge is -2.15. The van der Waals surface area contributed by atoms with Crippen molar-refractivity contribution in [2.24, 2.45) is 5.41 Å². The standard InChI is InChI=1S/C12H14F2N2/c1-12(2,8-15)5-6-16-11-7-9(13)3-4-10(11)14/h3-4,7,16H,5-6H2,1-2H3. The summed E-state index contributed by atoms with van der Waals surface area (Å²) in [6.07, 6.45) is 0.569. The molecule has 4 heteroatoms. The van der Waals surface area contributed by atoms with E-state index in [0.29, 0.717) is 13.0 Å². The quantitative estimate of drug-likeness (QED) is 0.851. The van der Waals surface area contributed by atoms with Crippen LogP contribution < -0.4 is 5.32 Å². The van der Waals surface area contributed by atoms with Crippen molar-refractivity contribution in [1.29, 1.82) is 5.26 Å². The number of nitriles is 1. The number of rotatable bonds is 4. The van der Waals surface area contributed by atoms with Gasteiger partial charge in [0.15, 0.2) is 0 Å². The number of hydrogen-bond acceptors (Lipinski definition) is 2. The number of nitrogens with zero attached hydrogens (tertiary/aromatic N) is 1. The Morgan fingerprint density at radius 2 is 2.06 bits per heavy atom. The summed E-state index contributed by atoms with van der Waals surface area (Å²) in [5.74, 6) is -0.973. The van der Waals surface area contributed by atoms with Crippen LogP contribution in [0.2, 0.25) is 0 Å². The highest BCUT2D eigenvalue weighted by Crippen LogP contribution is 2.20. The zero-order valence-corrected chi connectivity index (χ0v) is 9.35. The fourth-order valence-corrected chi connectivity index (χ4v) is 1.20.